The number of nitrogens with zero attached hydrogens (tertiary/aromatic N) is 2. The van der Waals surface area contributed by atoms with E-state index in [0.717, 1.165) is 73.5 Å². The third-order valence-electron chi connectivity index (χ3n) is 7.11. The maximum atomic E-state index is 11.2. The van der Waals surface area contributed by atoms with Crippen molar-refractivity contribution in [3.8, 4) is 17.4 Å². The summed E-state index contributed by atoms with van der Waals surface area (Å²) in [6.45, 7) is 4.83. The number of pyridine rings is 1. The number of aryl methyl sites for hydroxylation is 1. The van der Waals surface area contributed by atoms with Crippen LogP contribution in [-0.4, -0.2) is 41.7 Å². The van der Waals surface area contributed by atoms with Crippen LogP contribution in [0.25, 0.3) is 5.57 Å². The highest BCUT2D eigenvalue weighted by Gasteiger charge is 2.33. The number of likely N-dealkylation sites (tertiary alicyclic amines) is 1. The second kappa shape index (κ2) is 9.61. The van der Waals surface area contributed by atoms with Gasteiger partial charge in [-0.15, -0.1) is 0 Å². The molecule has 1 saturated heterocycles. The van der Waals surface area contributed by atoms with Gasteiger partial charge < -0.3 is 19.5 Å². The van der Waals surface area contributed by atoms with Gasteiger partial charge in [-0.3, -0.25) is 0 Å². The number of ether oxygens (including phenoxy) is 2. The van der Waals surface area contributed by atoms with E-state index in [1.54, 1.807) is 13.3 Å². The van der Waals surface area contributed by atoms with Crippen molar-refractivity contribution < 1.29 is 14.6 Å². The number of aromatic nitrogens is 1. The lowest BCUT2D eigenvalue weighted by Crippen LogP contribution is -2.42. The van der Waals surface area contributed by atoms with Gasteiger partial charge in [-0.25, -0.2) is 4.98 Å². The Morgan fingerprint density at radius 3 is 2.65 bits per heavy atom. The van der Waals surface area contributed by atoms with Crippen LogP contribution in [0.4, 0.5) is 0 Å². The van der Waals surface area contributed by atoms with Crippen LogP contribution in [0.2, 0.25) is 0 Å². The van der Waals surface area contributed by atoms with Gasteiger partial charge >= 0.3 is 0 Å². The molecular weight excluding hydrogens is 424 g/mol. The Labute approximate surface area is 201 Å². The highest BCUT2D eigenvalue weighted by Crippen LogP contribution is 2.41. The Kier molecular flexibility index (Phi) is 6.40. The predicted molar refractivity (Wildman–Crippen MR) is 134 cm³/mol. The number of hydrogen-bond donors (Lipinski definition) is 1. The van der Waals surface area contributed by atoms with Gasteiger partial charge in [0.25, 0.3) is 0 Å². The van der Waals surface area contributed by atoms with Crippen LogP contribution in [0.15, 0.2) is 66.9 Å². The van der Waals surface area contributed by atoms with E-state index in [1.165, 1.54) is 11.1 Å². The number of fused-ring (bicyclic) bond motifs is 2. The summed E-state index contributed by atoms with van der Waals surface area (Å²) in [7, 11) is 1.70. The minimum atomic E-state index is -0.716. The lowest BCUT2D eigenvalue weighted by molar-refractivity contribution is -0.0254. The van der Waals surface area contributed by atoms with E-state index in [1.807, 2.05) is 24.3 Å². The van der Waals surface area contributed by atoms with Crippen molar-refractivity contribution in [3.63, 3.8) is 0 Å². The summed E-state index contributed by atoms with van der Waals surface area (Å²) in [6, 6.07) is 18.2. The number of aliphatic hydroxyl groups is 1. The average Bonchev–Trinajstić information content (AvgIpc) is 3.02. The highest BCUT2D eigenvalue weighted by molar-refractivity contribution is 5.74. The third-order valence-corrected chi connectivity index (χ3v) is 7.11. The molecule has 2 aliphatic rings. The van der Waals surface area contributed by atoms with Gasteiger partial charge in [0.05, 0.1) is 12.7 Å². The van der Waals surface area contributed by atoms with Crippen molar-refractivity contribution in [1.82, 2.24) is 9.88 Å². The predicted octanol–water partition coefficient (Wildman–Crippen LogP) is 5.50. The molecule has 176 valence electrons. The zero-order chi connectivity index (χ0) is 23.5. The van der Waals surface area contributed by atoms with Crippen molar-refractivity contribution >= 4 is 5.57 Å². The molecule has 1 N–H and O–H groups in total. The lowest BCUT2D eigenvalue weighted by atomic mass is 9.84. The first kappa shape index (κ1) is 22.6. The summed E-state index contributed by atoms with van der Waals surface area (Å²) in [4.78, 5) is 6.94. The van der Waals surface area contributed by atoms with Crippen LogP contribution in [0, 0.1) is 6.92 Å². The van der Waals surface area contributed by atoms with Gasteiger partial charge in [0.15, 0.2) is 0 Å². The maximum absolute atomic E-state index is 11.2. The Morgan fingerprint density at radius 2 is 1.88 bits per heavy atom. The lowest BCUT2D eigenvalue weighted by Gasteiger charge is -2.38. The number of hydrogen-bond acceptors (Lipinski definition) is 5. The molecule has 2 aromatic carbocycles. The number of piperidine rings is 1. The minimum absolute atomic E-state index is 0.641. The van der Waals surface area contributed by atoms with Crippen LogP contribution in [0.1, 0.15) is 41.5 Å². The molecule has 3 aromatic rings. The molecule has 34 heavy (non-hydrogen) atoms. The Morgan fingerprint density at radius 1 is 1.09 bits per heavy atom. The molecule has 0 radical (unpaired) electrons. The van der Waals surface area contributed by atoms with Crippen LogP contribution in [-0.2, 0) is 12.0 Å². The van der Waals surface area contributed by atoms with Crippen LogP contribution >= 0.6 is 0 Å². The maximum Gasteiger partial charge on any atom is 0.226 e. The first-order chi connectivity index (χ1) is 16.6. The van der Waals surface area contributed by atoms with E-state index in [9.17, 15) is 5.11 Å². The quantitative estimate of drug-likeness (QED) is 0.549. The zero-order valence-corrected chi connectivity index (χ0v) is 20.0. The van der Waals surface area contributed by atoms with Gasteiger partial charge in [-0.1, -0.05) is 42.0 Å². The summed E-state index contributed by atoms with van der Waals surface area (Å²) in [5, 5.41) is 11.2. The largest absolute Gasteiger partial charge is 0.496 e. The first-order valence-corrected chi connectivity index (χ1v) is 12.1. The zero-order valence-electron chi connectivity index (χ0n) is 20.0. The SMILES string of the molecule is COc1cccc2c1CC(=CCCN1CCC(O)(c3ccc(C)cc3)CC1)c1cccnc1O2. The molecule has 1 fully saturated rings. The number of rotatable bonds is 5. The van der Waals surface area contributed by atoms with Crippen molar-refractivity contribution in [2.24, 2.45) is 0 Å². The van der Waals surface area contributed by atoms with Crippen molar-refractivity contribution in [2.75, 3.05) is 26.7 Å². The molecule has 0 amide bonds. The standard InChI is InChI=1S/C29H32N2O3/c1-21-10-12-23(13-11-21)29(32)14-18-31(19-15-29)17-5-6-22-20-25-26(33-2)8-3-9-27(25)34-28-24(22)7-4-16-30-28/h3-4,6-13,16,32H,5,14-15,17-20H2,1-2H3. The molecule has 3 heterocycles. The fourth-order valence-corrected chi connectivity index (χ4v) is 5.02. The molecule has 0 atom stereocenters. The summed E-state index contributed by atoms with van der Waals surface area (Å²) < 4.78 is 11.8. The summed E-state index contributed by atoms with van der Waals surface area (Å²) >= 11 is 0. The molecule has 0 unspecified atom stereocenters. The van der Waals surface area contributed by atoms with E-state index >= 15 is 0 Å². The fourth-order valence-electron chi connectivity index (χ4n) is 5.02. The second-order valence-electron chi connectivity index (χ2n) is 9.33. The molecule has 2 aliphatic heterocycles. The molecule has 1 aromatic heterocycles. The number of allylic oxidation sites excluding steroid dienone is 1. The average molecular weight is 457 g/mol. The van der Waals surface area contributed by atoms with Gasteiger partial charge in [-0.05, 0) is 61.6 Å². The second-order valence-corrected chi connectivity index (χ2v) is 9.33. The summed E-state index contributed by atoms with van der Waals surface area (Å²) in [5.41, 5.74) is 4.84. The number of benzene rings is 2. The molecule has 5 heteroatoms. The van der Waals surface area contributed by atoms with Crippen LogP contribution < -0.4 is 9.47 Å². The monoisotopic (exact) mass is 456 g/mol. The molecule has 0 spiro atoms. The van der Waals surface area contributed by atoms with Crippen LogP contribution in [0.5, 0.6) is 17.4 Å². The third kappa shape index (κ3) is 4.59. The molecule has 0 aliphatic carbocycles. The Hall–Kier alpha value is -3.15. The summed E-state index contributed by atoms with van der Waals surface area (Å²) in [6.07, 6.45) is 7.27. The summed E-state index contributed by atoms with van der Waals surface area (Å²) in [5.74, 6) is 2.28. The van der Waals surface area contributed by atoms with E-state index in [0.29, 0.717) is 5.88 Å². The number of methoxy groups -OCH3 is 1. The van der Waals surface area contributed by atoms with Crippen molar-refractivity contribution in [1.29, 1.82) is 0 Å². The minimum Gasteiger partial charge on any atom is -0.496 e. The Bertz CT molecular complexity index is 1180. The molecular formula is C29H32N2O3. The molecule has 5 nitrogen and oxygen atoms in total. The van der Waals surface area contributed by atoms with Crippen LogP contribution in [0.3, 0.4) is 0 Å². The Balaban J connectivity index is 1.28. The molecule has 5 rings (SSSR count). The van der Waals surface area contributed by atoms with Crippen molar-refractivity contribution in [3.05, 3.63) is 89.1 Å². The van der Waals surface area contributed by atoms with E-state index in [-0.39, 0.29) is 0 Å². The normalized spacial score (nSPS) is 18.5. The first-order valence-electron chi connectivity index (χ1n) is 12.1. The van der Waals surface area contributed by atoms with Gasteiger partial charge in [-0.2, -0.15) is 0 Å². The van der Waals surface area contributed by atoms with Gasteiger partial charge in [0.2, 0.25) is 5.88 Å². The van der Waals surface area contributed by atoms with Gasteiger partial charge in [0.1, 0.15) is 11.5 Å². The van der Waals surface area contributed by atoms with Gasteiger partial charge in [0, 0.05) is 43.4 Å². The van der Waals surface area contributed by atoms with E-state index in [2.05, 4.69) is 53.2 Å². The smallest absolute Gasteiger partial charge is 0.226 e. The molecule has 0 saturated carbocycles. The van der Waals surface area contributed by atoms with E-state index in [4.69, 9.17) is 9.47 Å². The highest BCUT2D eigenvalue weighted by atomic mass is 16.5. The fraction of sp³-hybridized carbons (Fsp3) is 0.345. The molecule has 0 bridgehead atoms. The topological polar surface area (TPSA) is 54.8 Å². The van der Waals surface area contributed by atoms with Crippen molar-refractivity contribution in [2.45, 2.75) is 38.2 Å². The van der Waals surface area contributed by atoms with E-state index < -0.39 is 5.60 Å².